The lowest BCUT2D eigenvalue weighted by Gasteiger charge is -2.25. The highest BCUT2D eigenvalue weighted by atomic mass is 16.5. The van der Waals surface area contributed by atoms with Crippen LogP contribution in [0.4, 0.5) is 0 Å². The van der Waals surface area contributed by atoms with Crippen molar-refractivity contribution in [3.63, 3.8) is 0 Å². The molecule has 0 spiro atoms. The zero-order valence-electron chi connectivity index (χ0n) is 17.3. The van der Waals surface area contributed by atoms with E-state index in [0.717, 1.165) is 0 Å². The predicted molar refractivity (Wildman–Crippen MR) is 111 cm³/mol. The summed E-state index contributed by atoms with van der Waals surface area (Å²) in [5.41, 5.74) is 1.16. The Morgan fingerprint density at radius 3 is 2.33 bits per heavy atom. The number of carbonyl (C=O) groups is 2. The van der Waals surface area contributed by atoms with Crippen LogP contribution in [0.5, 0.6) is 11.5 Å². The molecular weight excluding hydrogens is 386 g/mol. The zero-order chi connectivity index (χ0) is 21.7. The minimum absolute atomic E-state index is 0.0517. The van der Waals surface area contributed by atoms with E-state index in [1.807, 2.05) is 6.07 Å². The van der Waals surface area contributed by atoms with Gasteiger partial charge < -0.3 is 24.2 Å². The van der Waals surface area contributed by atoms with E-state index in [-0.39, 0.29) is 11.3 Å². The highest BCUT2D eigenvalue weighted by Crippen LogP contribution is 2.40. The lowest BCUT2D eigenvalue weighted by Crippen LogP contribution is -2.31. The Morgan fingerprint density at radius 2 is 1.70 bits per heavy atom. The Kier molecular flexibility index (Phi) is 6.74. The summed E-state index contributed by atoms with van der Waals surface area (Å²) in [6.45, 7) is 0.770. The van der Waals surface area contributed by atoms with Crippen molar-refractivity contribution in [2.24, 2.45) is 0 Å². The smallest absolute Gasteiger partial charge is 0.295 e. The number of ether oxygens (including phenoxy) is 3. The van der Waals surface area contributed by atoms with Crippen molar-refractivity contribution in [1.29, 1.82) is 0 Å². The number of hydrogen-bond acceptors (Lipinski definition) is 6. The molecule has 1 fully saturated rings. The van der Waals surface area contributed by atoms with E-state index < -0.39 is 17.7 Å². The molecule has 3 rings (SSSR count). The largest absolute Gasteiger partial charge is 0.507 e. The van der Waals surface area contributed by atoms with Gasteiger partial charge in [-0.15, -0.1) is 0 Å². The first-order valence-electron chi connectivity index (χ1n) is 9.57. The Balaban J connectivity index is 2.11. The van der Waals surface area contributed by atoms with E-state index in [2.05, 4.69) is 0 Å². The number of nitrogens with zero attached hydrogens (tertiary/aromatic N) is 1. The highest BCUT2D eigenvalue weighted by Gasteiger charge is 2.45. The van der Waals surface area contributed by atoms with Crippen molar-refractivity contribution < 1.29 is 28.9 Å². The topological polar surface area (TPSA) is 85.3 Å². The number of likely N-dealkylation sites (tertiary alicyclic amines) is 1. The summed E-state index contributed by atoms with van der Waals surface area (Å²) in [5.74, 6) is -0.365. The SMILES string of the molecule is COCCCN1C(=O)C(=O)/C(=C(/O)c2ccc(OC)cc2)[C@@H]1c1cccc(OC)c1. The van der Waals surface area contributed by atoms with E-state index in [1.165, 1.54) is 4.90 Å². The molecular formula is C23H25NO6. The minimum atomic E-state index is -0.723. The lowest BCUT2D eigenvalue weighted by atomic mass is 9.95. The summed E-state index contributed by atoms with van der Waals surface area (Å²) in [5, 5.41) is 11.0. The molecule has 1 heterocycles. The third kappa shape index (κ3) is 4.16. The summed E-state index contributed by atoms with van der Waals surface area (Å²) in [6.07, 6.45) is 0.562. The number of methoxy groups -OCH3 is 3. The molecule has 1 amide bonds. The number of aliphatic hydroxyl groups is 1. The summed E-state index contributed by atoms with van der Waals surface area (Å²) in [7, 11) is 4.67. The zero-order valence-corrected chi connectivity index (χ0v) is 17.3. The van der Waals surface area contributed by atoms with Crippen molar-refractivity contribution in [1.82, 2.24) is 4.90 Å². The molecule has 0 bridgehead atoms. The van der Waals surface area contributed by atoms with Gasteiger partial charge in [-0.3, -0.25) is 9.59 Å². The standard InChI is InChI=1S/C23H25NO6/c1-28-13-5-12-24-20(16-6-4-7-18(14-16)30-3)19(22(26)23(24)27)21(25)15-8-10-17(29-2)11-9-15/h4,6-11,14,20,25H,5,12-13H2,1-3H3/b21-19+/t20-/m0/s1. The van der Waals surface area contributed by atoms with E-state index >= 15 is 0 Å². The van der Waals surface area contributed by atoms with Crippen LogP contribution < -0.4 is 9.47 Å². The monoisotopic (exact) mass is 411 g/mol. The van der Waals surface area contributed by atoms with Gasteiger partial charge in [0.1, 0.15) is 17.3 Å². The van der Waals surface area contributed by atoms with Crippen LogP contribution in [0.15, 0.2) is 54.1 Å². The number of amides is 1. The number of Topliss-reactive ketones (excluding diaryl/α,β-unsaturated/α-hetero) is 1. The van der Waals surface area contributed by atoms with Crippen LogP contribution in [0.1, 0.15) is 23.6 Å². The molecule has 0 unspecified atom stereocenters. The van der Waals surface area contributed by atoms with E-state index in [0.29, 0.717) is 42.2 Å². The first kappa shape index (κ1) is 21.4. The van der Waals surface area contributed by atoms with Crippen LogP contribution in [0.3, 0.4) is 0 Å². The molecule has 30 heavy (non-hydrogen) atoms. The number of rotatable bonds is 8. The van der Waals surface area contributed by atoms with Gasteiger partial charge in [0.15, 0.2) is 0 Å². The van der Waals surface area contributed by atoms with Crippen LogP contribution in [0, 0.1) is 0 Å². The second kappa shape index (κ2) is 9.45. The first-order chi connectivity index (χ1) is 14.5. The van der Waals surface area contributed by atoms with Gasteiger partial charge in [-0.1, -0.05) is 12.1 Å². The molecule has 0 aliphatic carbocycles. The summed E-state index contributed by atoms with van der Waals surface area (Å²) in [4.78, 5) is 27.2. The highest BCUT2D eigenvalue weighted by molar-refractivity contribution is 6.46. The van der Waals surface area contributed by atoms with Crippen LogP contribution in [0.2, 0.25) is 0 Å². The number of hydrogen-bond donors (Lipinski definition) is 1. The van der Waals surface area contributed by atoms with Crippen LogP contribution in [-0.2, 0) is 14.3 Å². The summed E-state index contributed by atoms with van der Waals surface area (Å²) < 4.78 is 15.5. The molecule has 1 N–H and O–H groups in total. The molecule has 1 saturated heterocycles. The maximum Gasteiger partial charge on any atom is 0.295 e. The molecule has 1 atom stereocenters. The third-order valence-corrected chi connectivity index (χ3v) is 5.06. The predicted octanol–water partition coefficient (Wildman–Crippen LogP) is 3.16. The second-order valence-electron chi connectivity index (χ2n) is 6.84. The Bertz CT molecular complexity index is 950. The third-order valence-electron chi connectivity index (χ3n) is 5.06. The molecule has 7 heteroatoms. The van der Waals surface area contributed by atoms with E-state index in [1.54, 1.807) is 63.8 Å². The lowest BCUT2D eigenvalue weighted by molar-refractivity contribution is -0.140. The van der Waals surface area contributed by atoms with Crippen molar-refractivity contribution in [2.75, 3.05) is 34.5 Å². The van der Waals surface area contributed by atoms with Crippen molar-refractivity contribution in [2.45, 2.75) is 12.5 Å². The molecule has 2 aromatic carbocycles. The van der Waals surface area contributed by atoms with Gasteiger partial charge in [0.2, 0.25) is 0 Å². The van der Waals surface area contributed by atoms with Gasteiger partial charge >= 0.3 is 0 Å². The minimum Gasteiger partial charge on any atom is -0.507 e. The van der Waals surface area contributed by atoms with Gasteiger partial charge in [-0.2, -0.15) is 0 Å². The quantitative estimate of drug-likeness (QED) is 0.311. The van der Waals surface area contributed by atoms with E-state index in [9.17, 15) is 14.7 Å². The van der Waals surface area contributed by atoms with Gasteiger partial charge in [0, 0.05) is 25.8 Å². The average Bonchev–Trinajstić information content (AvgIpc) is 3.04. The molecule has 0 saturated carbocycles. The van der Waals surface area contributed by atoms with Crippen molar-refractivity contribution >= 4 is 17.4 Å². The molecule has 1 aliphatic rings. The molecule has 2 aromatic rings. The van der Waals surface area contributed by atoms with Crippen LogP contribution >= 0.6 is 0 Å². The molecule has 0 radical (unpaired) electrons. The van der Waals surface area contributed by atoms with Gasteiger partial charge in [-0.25, -0.2) is 0 Å². The number of carbonyl (C=O) groups excluding carboxylic acids is 2. The van der Waals surface area contributed by atoms with E-state index in [4.69, 9.17) is 14.2 Å². The second-order valence-corrected chi connectivity index (χ2v) is 6.84. The first-order valence-corrected chi connectivity index (χ1v) is 9.57. The molecule has 1 aliphatic heterocycles. The maximum absolute atomic E-state index is 12.9. The Hall–Kier alpha value is -3.32. The fourth-order valence-corrected chi connectivity index (χ4v) is 3.55. The number of aliphatic hydroxyl groups excluding tert-OH is 1. The number of ketones is 1. The Morgan fingerprint density at radius 1 is 1.00 bits per heavy atom. The Labute approximate surface area is 175 Å². The molecule has 158 valence electrons. The van der Waals surface area contributed by atoms with Crippen LogP contribution in [-0.4, -0.2) is 56.2 Å². The maximum atomic E-state index is 12.9. The van der Waals surface area contributed by atoms with Crippen molar-refractivity contribution in [3.8, 4) is 11.5 Å². The fourth-order valence-electron chi connectivity index (χ4n) is 3.55. The van der Waals surface area contributed by atoms with Gasteiger partial charge in [0.25, 0.3) is 11.7 Å². The van der Waals surface area contributed by atoms with Crippen molar-refractivity contribution in [3.05, 3.63) is 65.2 Å². The summed E-state index contributed by atoms with van der Waals surface area (Å²) >= 11 is 0. The van der Waals surface area contributed by atoms with Gasteiger partial charge in [-0.05, 0) is 48.4 Å². The van der Waals surface area contributed by atoms with Gasteiger partial charge in [0.05, 0.1) is 25.8 Å². The molecule has 0 aromatic heterocycles. The fraction of sp³-hybridized carbons (Fsp3) is 0.304. The average molecular weight is 411 g/mol. The summed E-state index contributed by atoms with van der Waals surface area (Å²) in [6, 6.07) is 13.1. The van der Waals surface area contributed by atoms with Crippen LogP contribution in [0.25, 0.3) is 5.76 Å². The normalized spacial score (nSPS) is 18.0. The molecule has 7 nitrogen and oxygen atoms in total. The number of benzene rings is 2.